The SMILES string of the molecule is COC(=O)c1cncc(NCCc2cnn(C)c2)n1. The van der Waals surface area contributed by atoms with Crippen LogP contribution in [0.1, 0.15) is 16.1 Å². The van der Waals surface area contributed by atoms with Gasteiger partial charge in [0.25, 0.3) is 0 Å². The quantitative estimate of drug-likeness (QED) is 0.796. The molecule has 0 aliphatic carbocycles. The minimum absolute atomic E-state index is 0.189. The Morgan fingerprint density at radius 3 is 2.95 bits per heavy atom. The second-order valence-electron chi connectivity index (χ2n) is 3.98. The third kappa shape index (κ3) is 3.51. The molecule has 0 aliphatic heterocycles. The number of hydrogen-bond donors (Lipinski definition) is 1. The first-order valence-electron chi connectivity index (χ1n) is 5.81. The van der Waals surface area contributed by atoms with Gasteiger partial charge in [-0.1, -0.05) is 0 Å². The van der Waals surface area contributed by atoms with Gasteiger partial charge in [-0.3, -0.25) is 9.67 Å². The lowest BCUT2D eigenvalue weighted by Gasteiger charge is -2.05. The third-order valence-corrected chi connectivity index (χ3v) is 2.51. The van der Waals surface area contributed by atoms with Crippen molar-refractivity contribution in [1.29, 1.82) is 0 Å². The highest BCUT2D eigenvalue weighted by Gasteiger charge is 2.08. The van der Waals surface area contributed by atoms with Gasteiger partial charge in [-0.15, -0.1) is 0 Å². The summed E-state index contributed by atoms with van der Waals surface area (Å²) >= 11 is 0. The molecule has 2 aromatic rings. The minimum Gasteiger partial charge on any atom is -0.464 e. The summed E-state index contributed by atoms with van der Waals surface area (Å²) in [6, 6.07) is 0. The van der Waals surface area contributed by atoms with Gasteiger partial charge in [0.2, 0.25) is 0 Å². The number of anilines is 1. The Bertz CT molecular complexity index is 567. The summed E-state index contributed by atoms with van der Waals surface area (Å²) in [7, 11) is 3.19. The van der Waals surface area contributed by atoms with Crippen molar-refractivity contribution in [2.45, 2.75) is 6.42 Å². The topological polar surface area (TPSA) is 81.9 Å². The van der Waals surface area contributed by atoms with Crippen LogP contribution in [0, 0.1) is 0 Å². The number of carbonyl (C=O) groups is 1. The molecule has 19 heavy (non-hydrogen) atoms. The number of ether oxygens (including phenoxy) is 1. The average molecular weight is 261 g/mol. The molecule has 7 nitrogen and oxygen atoms in total. The number of aryl methyl sites for hydroxylation is 1. The fourth-order valence-corrected chi connectivity index (χ4v) is 1.59. The number of rotatable bonds is 5. The van der Waals surface area contributed by atoms with Crippen LogP contribution in [-0.4, -0.2) is 39.4 Å². The summed E-state index contributed by atoms with van der Waals surface area (Å²) in [5.41, 5.74) is 1.32. The summed E-state index contributed by atoms with van der Waals surface area (Å²) in [6.07, 6.45) is 7.53. The van der Waals surface area contributed by atoms with Gasteiger partial charge in [-0.25, -0.2) is 9.78 Å². The first-order valence-corrected chi connectivity index (χ1v) is 5.81. The van der Waals surface area contributed by atoms with Gasteiger partial charge in [0.05, 0.1) is 25.7 Å². The molecule has 2 rings (SSSR count). The molecule has 1 N–H and O–H groups in total. The van der Waals surface area contributed by atoms with Crippen molar-refractivity contribution in [2.75, 3.05) is 19.0 Å². The zero-order valence-electron chi connectivity index (χ0n) is 10.8. The van der Waals surface area contributed by atoms with Crippen LogP contribution in [0.4, 0.5) is 5.82 Å². The van der Waals surface area contributed by atoms with E-state index in [4.69, 9.17) is 0 Å². The number of methoxy groups -OCH3 is 1. The van der Waals surface area contributed by atoms with Crippen LogP contribution in [-0.2, 0) is 18.2 Å². The number of carbonyl (C=O) groups excluding carboxylic acids is 1. The molecular formula is C12H15N5O2. The van der Waals surface area contributed by atoms with E-state index in [0.29, 0.717) is 12.4 Å². The lowest BCUT2D eigenvalue weighted by molar-refractivity contribution is 0.0593. The molecule has 0 amide bonds. The summed E-state index contributed by atoms with van der Waals surface area (Å²) in [6.45, 7) is 0.686. The van der Waals surface area contributed by atoms with Gasteiger partial charge in [-0.2, -0.15) is 5.10 Å². The maximum absolute atomic E-state index is 11.3. The van der Waals surface area contributed by atoms with Crippen LogP contribution in [0.15, 0.2) is 24.8 Å². The fraction of sp³-hybridized carbons (Fsp3) is 0.333. The van der Waals surface area contributed by atoms with Crippen molar-refractivity contribution in [3.8, 4) is 0 Å². The van der Waals surface area contributed by atoms with Crippen LogP contribution in [0.2, 0.25) is 0 Å². The molecule has 0 fully saturated rings. The molecule has 0 aliphatic rings. The van der Waals surface area contributed by atoms with Gasteiger partial charge in [-0.05, 0) is 12.0 Å². The van der Waals surface area contributed by atoms with Crippen molar-refractivity contribution in [3.63, 3.8) is 0 Å². The summed E-state index contributed by atoms with van der Waals surface area (Å²) in [4.78, 5) is 19.4. The summed E-state index contributed by atoms with van der Waals surface area (Å²) in [5, 5.41) is 7.19. The maximum Gasteiger partial charge on any atom is 0.358 e. The zero-order chi connectivity index (χ0) is 13.7. The molecule has 2 aromatic heterocycles. The van der Waals surface area contributed by atoms with E-state index >= 15 is 0 Å². The van der Waals surface area contributed by atoms with E-state index < -0.39 is 5.97 Å². The first kappa shape index (κ1) is 13.0. The molecule has 0 bridgehead atoms. The van der Waals surface area contributed by atoms with Gasteiger partial charge >= 0.3 is 5.97 Å². The van der Waals surface area contributed by atoms with E-state index in [0.717, 1.165) is 12.0 Å². The number of nitrogens with zero attached hydrogens (tertiary/aromatic N) is 4. The van der Waals surface area contributed by atoms with Crippen molar-refractivity contribution in [3.05, 3.63) is 36.0 Å². The molecule has 0 saturated heterocycles. The van der Waals surface area contributed by atoms with Gasteiger partial charge < -0.3 is 10.1 Å². The summed E-state index contributed by atoms with van der Waals surface area (Å²) in [5.74, 6) is 0.0511. The highest BCUT2D eigenvalue weighted by molar-refractivity contribution is 5.87. The standard InChI is InChI=1S/C12H15N5O2/c1-17-8-9(5-15-17)3-4-14-11-7-13-6-10(16-11)12(18)19-2/h5-8H,3-4H2,1-2H3,(H,14,16). The molecule has 0 aromatic carbocycles. The monoisotopic (exact) mass is 261 g/mol. The average Bonchev–Trinajstić information content (AvgIpc) is 2.84. The number of hydrogen-bond acceptors (Lipinski definition) is 6. The highest BCUT2D eigenvalue weighted by Crippen LogP contribution is 2.04. The summed E-state index contributed by atoms with van der Waals surface area (Å²) < 4.78 is 6.34. The lowest BCUT2D eigenvalue weighted by Crippen LogP contribution is -2.10. The molecule has 0 unspecified atom stereocenters. The van der Waals surface area contributed by atoms with Crippen molar-refractivity contribution in [1.82, 2.24) is 19.7 Å². The highest BCUT2D eigenvalue weighted by atomic mass is 16.5. The van der Waals surface area contributed by atoms with E-state index in [1.165, 1.54) is 13.3 Å². The van der Waals surface area contributed by atoms with Gasteiger partial charge in [0.1, 0.15) is 5.82 Å². The lowest BCUT2D eigenvalue weighted by atomic mass is 10.2. The Labute approximate surface area is 110 Å². The second-order valence-corrected chi connectivity index (χ2v) is 3.98. The van der Waals surface area contributed by atoms with Crippen LogP contribution in [0.25, 0.3) is 0 Å². The molecule has 0 atom stereocenters. The fourth-order valence-electron chi connectivity index (χ4n) is 1.59. The molecule has 7 heteroatoms. The zero-order valence-corrected chi connectivity index (χ0v) is 10.8. The van der Waals surface area contributed by atoms with Crippen molar-refractivity contribution < 1.29 is 9.53 Å². The Morgan fingerprint density at radius 2 is 2.26 bits per heavy atom. The van der Waals surface area contributed by atoms with Crippen LogP contribution >= 0.6 is 0 Å². The predicted molar refractivity (Wildman–Crippen MR) is 68.8 cm³/mol. The van der Waals surface area contributed by atoms with Crippen molar-refractivity contribution in [2.24, 2.45) is 7.05 Å². The molecule has 0 saturated carbocycles. The van der Waals surface area contributed by atoms with Gasteiger partial charge in [0, 0.05) is 19.8 Å². The smallest absolute Gasteiger partial charge is 0.358 e. The number of esters is 1. The van der Waals surface area contributed by atoms with Crippen LogP contribution in [0.3, 0.4) is 0 Å². The molecular weight excluding hydrogens is 246 g/mol. The van der Waals surface area contributed by atoms with E-state index in [-0.39, 0.29) is 5.69 Å². The number of nitrogens with one attached hydrogen (secondary N) is 1. The molecule has 0 spiro atoms. The second kappa shape index (κ2) is 5.94. The Balaban J connectivity index is 1.90. The minimum atomic E-state index is -0.497. The number of aromatic nitrogens is 4. The predicted octanol–water partition coefficient (Wildman–Crippen LogP) is 0.651. The van der Waals surface area contributed by atoms with Crippen LogP contribution in [0.5, 0.6) is 0 Å². The molecule has 100 valence electrons. The van der Waals surface area contributed by atoms with Crippen molar-refractivity contribution >= 4 is 11.8 Å². The normalized spacial score (nSPS) is 10.2. The van der Waals surface area contributed by atoms with Gasteiger partial charge in [0.15, 0.2) is 5.69 Å². The third-order valence-electron chi connectivity index (χ3n) is 2.51. The maximum atomic E-state index is 11.3. The Morgan fingerprint density at radius 1 is 1.42 bits per heavy atom. The molecule has 2 heterocycles. The molecule has 0 radical (unpaired) electrons. The van der Waals surface area contributed by atoms with Crippen LogP contribution < -0.4 is 5.32 Å². The van der Waals surface area contributed by atoms with E-state index in [9.17, 15) is 4.79 Å². The Hall–Kier alpha value is -2.44. The van der Waals surface area contributed by atoms with E-state index in [1.54, 1.807) is 10.9 Å². The largest absolute Gasteiger partial charge is 0.464 e. The van der Waals surface area contributed by atoms with E-state index in [1.807, 2.05) is 19.4 Å². The van der Waals surface area contributed by atoms with E-state index in [2.05, 4.69) is 25.1 Å². The first-order chi connectivity index (χ1) is 9.19. The Kier molecular flexibility index (Phi) is 4.07.